The minimum Gasteiger partial charge on any atom is -0.462 e. The zero-order chi connectivity index (χ0) is 21.1. The van der Waals surface area contributed by atoms with E-state index in [0.29, 0.717) is 26.6 Å². The Bertz CT molecular complexity index is 1150. The monoisotopic (exact) mass is 431 g/mol. The van der Waals surface area contributed by atoms with Crippen LogP contribution in [0.5, 0.6) is 0 Å². The average Bonchev–Trinajstić information content (AvgIpc) is 2.97. The maximum Gasteiger partial charge on any atom is 0.338 e. The Morgan fingerprint density at radius 3 is 2.79 bits per heavy atom. The number of nitrogens with one attached hydrogen (secondary N) is 1. The lowest BCUT2D eigenvalue weighted by Crippen LogP contribution is -2.21. The number of thiophene rings is 1. The Balaban J connectivity index is 1.72. The van der Waals surface area contributed by atoms with Gasteiger partial charge in [-0.2, -0.15) is 0 Å². The van der Waals surface area contributed by atoms with Gasteiger partial charge in [0.15, 0.2) is 5.16 Å². The Labute approximate surface area is 176 Å². The van der Waals surface area contributed by atoms with Gasteiger partial charge < -0.3 is 10.1 Å². The highest BCUT2D eigenvalue weighted by Gasteiger charge is 2.16. The molecule has 2 heterocycles. The second-order valence-corrected chi connectivity index (χ2v) is 8.51. The number of carbonyl (C=O) groups excluding carboxylic acids is 2. The molecular formula is C20H21N3O4S2. The minimum absolute atomic E-state index is 0.0821. The van der Waals surface area contributed by atoms with Gasteiger partial charge in [-0.15, -0.1) is 11.3 Å². The predicted octanol–water partition coefficient (Wildman–Crippen LogP) is 3.52. The van der Waals surface area contributed by atoms with Gasteiger partial charge in [0.1, 0.15) is 4.83 Å². The van der Waals surface area contributed by atoms with Crippen LogP contribution in [0.15, 0.2) is 34.2 Å². The molecule has 0 bridgehead atoms. The molecule has 152 valence electrons. The van der Waals surface area contributed by atoms with Crippen molar-refractivity contribution in [2.24, 2.45) is 7.05 Å². The van der Waals surface area contributed by atoms with E-state index in [-0.39, 0.29) is 23.8 Å². The number of thioether (sulfide) groups is 1. The zero-order valence-electron chi connectivity index (χ0n) is 16.6. The van der Waals surface area contributed by atoms with E-state index in [0.717, 1.165) is 10.4 Å². The van der Waals surface area contributed by atoms with E-state index in [1.807, 2.05) is 13.8 Å². The fourth-order valence-electron chi connectivity index (χ4n) is 2.75. The van der Waals surface area contributed by atoms with Crippen LogP contribution < -0.4 is 10.9 Å². The second kappa shape index (κ2) is 8.79. The molecule has 7 nitrogen and oxygen atoms in total. The molecular weight excluding hydrogens is 410 g/mol. The Kier molecular flexibility index (Phi) is 6.39. The number of esters is 1. The molecule has 0 atom stereocenters. The van der Waals surface area contributed by atoms with E-state index in [4.69, 9.17) is 4.74 Å². The predicted molar refractivity (Wildman–Crippen MR) is 116 cm³/mol. The summed E-state index contributed by atoms with van der Waals surface area (Å²) >= 11 is 2.67. The van der Waals surface area contributed by atoms with Crippen LogP contribution in [0.4, 0.5) is 5.69 Å². The highest BCUT2D eigenvalue weighted by atomic mass is 32.2. The first-order valence-corrected chi connectivity index (χ1v) is 10.8. The molecule has 0 radical (unpaired) electrons. The molecule has 29 heavy (non-hydrogen) atoms. The lowest BCUT2D eigenvalue weighted by molar-refractivity contribution is -0.113. The normalized spacial score (nSPS) is 10.9. The van der Waals surface area contributed by atoms with Crippen LogP contribution in [-0.2, 0) is 16.6 Å². The molecule has 2 aromatic heterocycles. The highest BCUT2D eigenvalue weighted by molar-refractivity contribution is 7.99. The summed E-state index contributed by atoms with van der Waals surface area (Å²) in [5, 5.41) is 3.88. The van der Waals surface area contributed by atoms with E-state index in [1.165, 1.54) is 27.7 Å². The fraction of sp³-hybridized carbons (Fsp3) is 0.300. The molecule has 0 aliphatic rings. The summed E-state index contributed by atoms with van der Waals surface area (Å²) in [5.41, 5.74) is 1.72. The van der Waals surface area contributed by atoms with Crippen molar-refractivity contribution in [1.29, 1.82) is 0 Å². The first kappa shape index (κ1) is 21.1. The van der Waals surface area contributed by atoms with Crippen LogP contribution in [0, 0.1) is 13.8 Å². The van der Waals surface area contributed by atoms with Crippen molar-refractivity contribution < 1.29 is 14.3 Å². The van der Waals surface area contributed by atoms with Crippen LogP contribution >= 0.6 is 23.1 Å². The number of aryl methyl sites for hydroxylation is 2. The summed E-state index contributed by atoms with van der Waals surface area (Å²) in [6.07, 6.45) is 0. The first-order valence-electron chi connectivity index (χ1n) is 8.98. The summed E-state index contributed by atoms with van der Waals surface area (Å²) in [5.74, 6) is -0.616. The van der Waals surface area contributed by atoms with Crippen molar-refractivity contribution in [2.45, 2.75) is 25.9 Å². The van der Waals surface area contributed by atoms with Gasteiger partial charge in [0.2, 0.25) is 5.91 Å². The van der Waals surface area contributed by atoms with E-state index in [2.05, 4.69) is 10.3 Å². The summed E-state index contributed by atoms with van der Waals surface area (Å²) < 4.78 is 6.44. The van der Waals surface area contributed by atoms with Crippen molar-refractivity contribution in [1.82, 2.24) is 9.55 Å². The van der Waals surface area contributed by atoms with Crippen molar-refractivity contribution >= 4 is 50.9 Å². The maximum atomic E-state index is 12.6. The Morgan fingerprint density at radius 2 is 2.07 bits per heavy atom. The van der Waals surface area contributed by atoms with Crippen molar-refractivity contribution in [3.63, 3.8) is 0 Å². The number of amides is 1. The smallest absolute Gasteiger partial charge is 0.338 e. The molecule has 0 saturated heterocycles. The molecule has 1 N–H and O–H groups in total. The van der Waals surface area contributed by atoms with E-state index in [9.17, 15) is 14.4 Å². The quantitative estimate of drug-likeness (QED) is 0.365. The number of fused-ring (bicyclic) bond motifs is 1. The second-order valence-electron chi connectivity index (χ2n) is 6.36. The molecule has 1 aromatic carbocycles. The summed E-state index contributed by atoms with van der Waals surface area (Å²) in [4.78, 5) is 43.1. The number of hydrogen-bond donors (Lipinski definition) is 1. The van der Waals surface area contributed by atoms with Gasteiger partial charge in [0.05, 0.1) is 23.3 Å². The molecule has 0 unspecified atom stereocenters. The van der Waals surface area contributed by atoms with Crippen molar-refractivity contribution in [3.05, 3.63) is 50.6 Å². The lowest BCUT2D eigenvalue weighted by atomic mass is 10.2. The van der Waals surface area contributed by atoms with Gasteiger partial charge >= 0.3 is 5.97 Å². The molecule has 0 aliphatic heterocycles. The van der Waals surface area contributed by atoms with Gasteiger partial charge in [-0.3, -0.25) is 14.2 Å². The topological polar surface area (TPSA) is 90.3 Å². The lowest BCUT2D eigenvalue weighted by Gasteiger charge is -2.09. The third kappa shape index (κ3) is 4.51. The van der Waals surface area contributed by atoms with Gasteiger partial charge in [-0.25, -0.2) is 9.78 Å². The number of nitrogens with zero attached hydrogens (tertiary/aromatic N) is 2. The molecule has 9 heteroatoms. The molecule has 0 spiro atoms. The zero-order valence-corrected chi connectivity index (χ0v) is 18.2. The van der Waals surface area contributed by atoms with Crippen LogP contribution in [-0.4, -0.2) is 33.8 Å². The summed E-state index contributed by atoms with van der Waals surface area (Å²) in [6.45, 7) is 5.90. The average molecular weight is 432 g/mol. The number of rotatable bonds is 6. The van der Waals surface area contributed by atoms with E-state index in [1.54, 1.807) is 38.2 Å². The number of benzene rings is 1. The number of carbonyl (C=O) groups is 2. The number of ether oxygens (including phenoxy) is 1. The summed E-state index contributed by atoms with van der Waals surface area (Å²) in [7, 11) is 1.66. The minimum atomic E-state index is -0.438. The third-order valence-electron chi connectivity index (χ3n) is 4.36. The highest BCUT2D eigenvalue weighted by Crippen LogP contribution is 2.28. The molecule has 0 fully saturated rings. The molecule has 1 amide bonds. The standard InChI is InChI=1S/C20H21N3O4S2/c1-5-27-19(26)13-7-6-8-14(9-13)21-15(24)10-28-20-22-17-16(18(25)23(20)4)11(2)12(3)29-17/h6-9H,5,10H2,1-4H3,(H,21,24). The molecule has 3 rings (SSSR count). The van der Waals surface area contributed by atoms with Crippen LogP contribution in [0.3, 0.4) is 0 Å². The molecule has 0 saturated carbocycles. The number of aromatic nitrogens is 2. The van der Waals surface area contributed by atoms with Crippen molar-refractivity contribution in [3.8, 4) is 0 Å². The number of hydrogen-bond acceptors (Lipinski definition) is 7. The summed E-state index contributed by atoms with van der Waals surface area (Å²) in [6, 6.07) is 6.57. The van der Waals surface area contributed by atoms with Crippen molar-refractivity contribution in [2.75, 3.05) is 17.7 Å². The molecule has 0 aliphatic carbocycles. The Hall–Kier alpha value is -2.65. The number of anilines is 1. The largest absolute Gasteiger partial charge is 0.462 e. The third-order valence-corrected chi connectivity index (χ3v) is 6.49. The van der Waals surface area contributed by atoms with Gasteiger partial charge in [0, 0.05) is 17.6 Å². The first-order chi connectivity index (χ1) is 13.8. The van der Waals surface area contributed by atoms with Crippen LogP contribution in [0.25, 0.3) is 10.2 Å². The Morgan fingerprint density at radius 1 is 1.31 bits per heavy atom. The van der Waals surface area contributed by atoms with Crippen LogP contribution in [0.1, 0.15) is 27.7 Å². The molecule has 3 aromatic rings. The van der Waals surface area contributed by atoms with Gasteiger partial charge in [-0.1, -0.05) is 17.8 Å². The van der Waals surface area contributed by atoms with Crippen LogP contribution in [0.2, 0.25) is 0 Å². The van der Waals surface area contributed by atoms with Gasteiger partial charge in [0.25, 0.3) is 5.56 Å². The van der Waals surface area contributed by atoms with E-state index < -0.39 is 5.97 Å². The fourth-order valence-corrected chi connectivity index (χ4v) is 4.59. The van der Waals surface area contributed by atoms with E-state index >= 15 is 0 Å². The maximum absolute atomic E-state index is 12.6. The van der Waals surface area contributed by atoms with Gasteiger partial charge in [-0.05, 0) is 44.5 Å². The SMILES string of the molecule is CCOC(=O)c1cccc(NC(=O)CSc2nc3sc(C)c(C)c3c(=O)n2C)c1.